The molecule has 0 aliphatic rings. The van der Waals surface area contributed by atoms with Crippen molar-refractivity contribution >= 4 is 28.3 Å². The molecule has 4 heteroatoms. The lowest BCUT2D eigenvalue weighted by Crippen LogP contribution is -1.96. The molecule has 0 aromatic heterocycles. The van der Waals surface area contributed by atoms with E-state index in [0.29, 0.717) is 10.8 Å². The topological polar surface area (TPSA) is 46.5 Å². The van der Waals surface area contributed by atoms with E-state index in [9.17, 15) is 9.90 Å². The molecule has 22 heavy (non-hydrogen) atoms. The molecule has 0 heterocycles. The van der Waals surface area contributed by atoms with Crippen LogP contribution in [0.15, 0.2) is 54.6 Å². The summed E-state index contributed by atoms with van der Waals surface area (Å²) in [6.45, 7) is 0. The van der Waals surface area contributed by atoms with Crippen molar-refractivity contribution in [2.24, 2.45) is 0 Å². The number of ether oxygens (including phenoxy) is 1. The van der Waals surface area contributed by atoms with Crippen molar-refractivity contribution in [3.8, 4) is 16.9 Å². The van der Waals surface area contributed by atoms with Crippen molar-refractivity contribution in [3.05, 3.63) is 65.2 Å². The van der Waals surface area contributed by atoms with Crippen molar-refractivity contribution in [1.29, 1.82) is 0 Å². The first-order chi connectivity index (χ1) is 10.6. The molecule has 0 aliphatic carbocycles. The van der Waals surface area contributed by atoms with Gasteiger partial charge in [0.2, 0.25) is 0 Å². The smallest absolute Gasteiger partial charge is 0.335 e. The second-order valence-corrected chi connectivity index (χ2v) is 5.27. The van der Waals surface area contributed by atoms with Gasteiger partial charge in [-0.15, -0.1) is 0 Å². The van der Waals surface area contributed by atoms with E-state index in [1.807, 2.05) is 30.3 Å². The van der Waals surface area contributed by atoms with E-state index in [1.54, 1.807) is 31.4 Å². The van der Waals surface area contributed by atoms with Crippen molar-refractivity contribution < 1.29 is 14.6 Å². The Morgan fingerprint density at radius 2 is 1.86 bits per heavy atom. The van der Waals surface area contributed by atoms with E-state index in [1.165, 1.54) is 0 Å². The van der Waals surface area contributed by atoms with Gasteiger partial charge in [-0.2, -0.15) is 0 Å². The van der Waals surface area contributed by atoms with Crippen LogP contribution in [0.5, 0.6) is 5.75 Å². The SMILES string of the molecule is COc1cccc(Cl)c1-c1cccc2ccc(C(=O)O)cc12. The number of carboxylic acids is 1. The predicted octanol–water partition coefficient (Wildman–Crippen LogP) is 4.87. The molecule has 1 N–H and O–H groups in total. The average Bonchev–Trinajstić information content (AvgIpc) is 2.53. The van der Waals surface area contributed by atoms with Gasteiger partial charge >= 0.3 is 5.97 Å². The molecule has 0 radical (unpaired) electrons. The van der Waals surface area contributed by atoms with Crippen LogP contribution in [0.25, 0.3) is 21.9 Å². The van der Waals surface area contributed by atoms with Crippen LogP contribution in [0.4, 0.5) is 0 Å². The fourth-order valence-corrected chi connectivity index (χ4v) is 2.83. The van der Waals surface area contributed by atoms with Gasteiger partial charge in [0.1, 0.15) is 5.75 Å². The van der Waals surface area contributed by atoms with Crippen LogP contribution in [-0.4, -0.2) is 18.2 Å². The number of hydrogen-bond donors (Lipinski definition) is 1. The van der Waals surface area contributed by atoms with E-state index in [2.05, 4.69) is 0 Å². The first-order valence-electron chi connectivity index (χ1n) is 6.71. The Balaban J connectivity index is 2.36. The number of halogens is 1. The van der Waals surface area contributed by atoms with Gasteiger partial charge in [-0.1, -0.05) is 41.9 Å². The van der Waals surface area contributed by atoms with Crippen LogP contribution in [0.2, 0.25) is 5.02 Å². The first-order valence-corrected chi connectivity index (χ1v) is 7.08. The molecular formula is C18H13ClO3. The van der Waals surface area contributed by atoms with Crippen molar-refractivity contribution in [3.63, 3.8) is 0 Å². The van der Waals surface area contributed by atoms with Gasteiger partial charge < -0.3 is 9.84 Å². The summed E-state index contributed by atoms with van der Waals surface area (Å²) in [6, 6.07) is 16.3. The molecule has 3 aromatic carbocycles. The molecule has 0 bridgehead atoms. The number of fused-ring (bicyclic) bond motifs is 1. The maximum atomic E-state index is 11.2. The molecule has 0 amide bonds. The third-order valence-corrected chi connectivity index (χ3v) is 3.91. The Kier molecular flexibility index (Phi) is 3.73. The second kappa shape index (κ2) is 5.70. The molecule has 0 fully saturated rings. The molecule has 3 aromatic rings. The summed E-state index contributed by atoms with van der Waals surface area (Å²) in [5.74, 6) is -0.302. The Hall–Kier alpha value is -2.52. The largest absolute Gasteiger partial charge is 0.496 e. The number of benzene rings is 3. The van der Waals surface area contributed by atoms with E-state index >= 15 is 0 Å². The fourth-order valence-electron chi connectivity index (χ4n) is 2.56. The van der Waals surface area contributed by atoms with E-state index in [4.69, 9.17) is 16.3 Å². The molecule has 110 valence electrons. The highest BCUT2D eigenvalue weighted by Crippen LogP contribution is 2.40. The molecule has 3 nitrogen and oxygen atoms in total. The number of aromatic carboxylic acids is 1. The minimum absolute atomic E-state index is 0.242. The summed E-state index contributed by atoms with van der Waals surface area (Å²) in [6.07, 6.45) is 0. The standard InChI is InChI=1S/C18H13ClO3/c1-22-16-7-3-6-15(19)17(16)13-5-2-4-11-8-9-12(18(20)21)10-14(11)13/h2-10H,1H3,(H,20,21). The van der Waals surface area contributed by atoms with Crippen LogP contribution in [0.3, 0.4) is 0 Å². The summed E-state index contributed by atoms with van der Waals surface area (Å²) < 4.78 is 5.41. The Morgan fingerprint density at radius 3 is 2.59 bits per heavy atom. The minimum atomic E-state index is -0.956. The molecule has 0 aliphatic heterocycles. The Labute approximate surface area is 132 Å². The fraction of sp³-hybridized carbons (Fsp3) is 0.0556. The monoisotopic (exact) mass is 312 g/mol. The number of rotatable bonds is 3. The highest BCUT2D eigenvalue weighted by molar-refractivity contribution is 6.34. The number of hydrogen-bond acceptors (Lipinski definition) is 2. The Morgan fingerprint density at radius 1 is 1.09 bits per heavy atom. The van der Waals surface area contributed by atoms with E-state index < -0.39 is 5.97 Å². The van der Waals surface area contributed by atoms with E-state index in [0.717, 1.165) is 21.9 Å². The van der Waals surface area contributed by atoms with Crippen LogP contribution in [-0.2, 0) is 0 Å². The highest BCUT2D eigenvalue weighted by atomic mass is 35.5. The van der Waals surface area contributed by atoms with Gasteiger partial charge in [-0.05, 0) is 40.6 Å². The van der Waals surface area contributed by atoms with Crippen LogP contribution >= 0.6 is 11.6 Å². The summed E-state index contributed by atoms with van der Waals surface area (Å²) in [7, 11) is 1.59. The van der Waals surface area contributed by atoms with E-state index in [-0.39, 0.29) is 5.56 Å². The van der Waals surface area contributed by atoms with Gasteiger partial charge in [0.05, 0.1) is 17.7 Å². The maximum absolute atomic E-state index is 11.2. The normalized spacial score (nSPS) is 10.6. The highest BCUT2D eigenvalue weighted by Gasteiger charge is 2.14. The zero-order valence-corrected chi connectivity index (χ0v) is 12.6. The Bertz CT molecular complexity index is 871. The molecule has 0 unspecified atom stereocenters. The van der Waals surface area contributed by atoms with Gasteiger partial charge in [-0.25, -0.2) is 4.79 Å². The van der Waals surface area contributed by atoms with Gasteiger partial charge in [0.25, 0.3) is 0 Å². The molecule has 3 rings (SSSR count). The molecule has 0 saturated carbocycles. The summed E-state index contributed by atoms with van der Waals surface area (Å²) in [5.41, 5.74) is 1.86. The zero-order valence-electron chi connectivity index (χ0n) is 11.8. The zero-order chi connectivity index (χ0) is 15.7. The lowest BCUT2D eigenvalue weighted by atomic mass is 9.96. The summed E-state index contributed by atoms with van der Waals surface area (Å²) in [4.78, 5) is 11.2. The quantitative estimate of drug-likeness (QED) is 0.750. The van der Waals surface area contributed by atoms with Crippen LogP contribution in [0.1, 0.15) is 10.4 Å². The molecular weight excluding hydrogens is 300 g/mol. The molecule has 0 atom stereocenters. The third kappa shape index (κ3) is 2.40. The first kappa shape index (κ1) is 14.4. The number of carboxylic acid groups (broad SMARTS) is 1. The molecule has 0 spiro atoms. The van der Waals surface area contributed by atoms with Crippen molar-refractivity contribution in [1.82, 2.24) is 0 Å². The number of carbonyl (C=O) groups is 1. The lowest BCUT2D eigenvalue weighted by Gasteiger charge is -2.13. The van der Waals surface area contributed by atoms with Gasteiger partial charge in [-0.3, -0.25) is 0 Å². The van der Waals surface area contributed by atoms with Gasteiger partial charge in [0.15, 0.2) is 0 Å². The summed E-state index contributed by atoms with van der Waals surface area (Å²) >= 11 is 6.35. The van der Waals surface area contributed by atoms with Crippen molar-refractivity contribution in [2.45, 2.75) is 0 Å². The van der Waals surface area contributed by atoms with Crippen molar-refractivity contribution in [2.75, 3.05) is 7.11 Å². The van der Waals surface area contributed by atoms with Gasteiger partial charge in [0, 0.05) is 5.56 Å². The lowest BCUT2D eigenvalue weighted by molar-refractivity contribution is 0.0697. The number of methoxy groups -OCH3 is 1. The maximum Gasteiger partial charge on any atom is 0.335 e. The predicted molar refractivity (Wildman–Crippen MR) is 87.9 cm³/mol. The van der Waals surface area contributed by atoms with Crippen LogP contribution in [0, 0.1) is 0 Å². The molecule has 0 saturated heterocycles. The third-order valence-electron chi connectivity index (χ3n) is 3.59. The minimum Gasteiger partial charge on any atom is -0.496 e. The summed E-state index contributed by atoms with van der Waals surface area (Å²) in [5, 5.41) is 11.5. The second-order valence-electron chi connectivity index (χ2n) is 4.86. The van der Waals surface area contributed by atoms with Crippen LogP contribution < -0.4 is 4.74 Å². The average molecular weight is 313 g/mol.